The Morgan fingerprint density at radius 1 is 0.826 bits per heavy atom. The first kappa shape index (κ1) is 32.1. The van der Waals surface area contributed by atoms with Crippen LogP contribution in [0.2, 0.25) is 0 Å². The Balaban J connectivity index is 1.49. The van der Waals surface area contributed by atoms with Gasteiger partial charge in [0.25, 0.3) is 0 Å². The molecule has 6 rings (SSSR count). The molecule has 246 valence electrons. The van der Waals surface area contributed by atoms with Crippen molar-refractivity contribution in [2.75, 3.05) is 7.11 Å². The maximum Gasteiger partial charge on any atom is 0.344 e. The number of phenolic OH excluding ortho intramolecular Hbond substituents is 1. The van der Waals surface area contributed by atoms with Crippen molar-refractivity contribution in [1.82, 2.24) is 0 Å². The highest BCUT2D eigenvalue weighted by molar-refractivity contribution is 6.21. The van der Waals surface area contributed by atoms with Crippen LogP contribution >= 0.6 is 0 Å². The van der Waals surface area contributed by atoms with Crippen molar-refractivity contribution < 1.29 is 63.5 Å². The van der Waals surface area contributed by atoms with E-state index >= 15 is 0 Å². The van der Waals surface area contributed by atoms with Crippen molar-refractivity contribution in [2.24, 2.45) is 0 Å². The van der Waals surface area contributed by atoms with Crippen molar-refractivity contribution in [3.8, 4) is 11.5 Å². The smallest absolute Gasteiger partial charge is 0.344 e. The Morgan fingerprint density at radius 2 is 1.52 bits per heavy atom. The highest BCUT2D eigenvalue weighted by atomic mass is 16.8. The molecule has 1 aromatic heterocycles. The van der Waals surface area contributed by atoms with Crippen LogP contribution in [0.1, 0.15) is 29.8 Å². The van der Waals surface area contributed by atoms with E-state index in [0.29, 0.717) is 5.56 Å². The largest absolute Gasteiger partial charge is 0.507 e. The van der Waals surface area contributed by atoms with Crippen LogP contribution in [0.5, 0.6) is 11.5 Å². The highest BCUT2D eigenvalue weighted by Gasteiger charge is 2.50. The molecule has 0 aliphatic carbocycles. The van der Waals surface area contributed by atoms with Crippen LogP contribution in [-0.4, -0.2) is 105 Å². The molecule has 2 fully saturated rings. The van der Waals surface area contributed by atoms with Crippen molar-refractivity contribution in [3.63, 3.8) is 0 Å². The van der Waals surface area contributed by atoms with Crippen LogP contribution in [-0.2, 0) is 18.9 Å². The molecule has 0 spiro atoms. The third-order valence-electron chi connectivity index (χ3n) is 8.74. The van der Waals surface area contributed by atoms with Crippen molar-refractivity contribution in [3.05, 3.63) is 57.9 Å². The summed E-state index contributed by atoms with van der Waals surface area (Å²) in [6.45, 7) is 4.67. The third kappa shape index (κ3) is 5.16. The van der Waals surface area contributed by atoms with Crippen LogP contribution in [0.4, 0.5) is 0 Å². The zero-order chi connectivity index (χ0) is 33.2. The molecule has 0 bridgehead atoms. The van der Waals surface area contributed by atoms with E-state index in [1.165, 1.54) is 44.4 Å². The van der Waals surface area contributed by atoms with E-state index < -0.39 is 73.0 Å². The number of methoxy groups -OCH3 is 1. The van der Waals surface area contributed by atoms with E-state index in [0.717, 1.165) is 0 Å². The fourth-order valence-electron chi connectivity index (χ4n) is 6.26. The molecule has 3 heterocycles. The summed E-state index contributed by atoms with van der Waals surface area (Å²) in [4.78, 5) is 25.5. The molecule has 4 aromatic rings. The number of aliphatic hydroxyl groups excluding tert-OH is 4. The lowest BCUT2D eigenvalue weighted by molar-refractivity contribution is -0.353. The molecular weight excluding hydrogens is 608 g/mol. The van der Waals surface area contributed by atoms with E-state index in [1.807, 2.05) is 0 Å². The number of benzene rings is 3. The van der Waals surface area contributed by atoms with Gasteiger partial charge in [-0.2, -0.15) is 0 Å². The standard InChI is InChI=1S/C32H34O14/c1-11-8-9-15(29(38)39)20-16-10-17(33)14-6-5-7-18(21(14)26(16)45-30(40)19(11)20)44-32-28(24(36)22(34)12(2)43-32)46-31-25(37)27(41-4)23(35)13(3)42-31/h5-10,12-13,22-25,27-28,31-37H,1-4H3,(H,38,39)/t12-,13-,22+,23+,24+,25+,27+,28+,31+,32+/m0/s1. The van der Waals surface area contributed by atoms with Gasteiger partial charge in [0.2, 0.25) is 6.29 Å². The summed E-state index contributed by atoms with van der Waals surface area (Å²) in [5.41, 5.74) is -0.584. The molecule has 46 heavy (non-hydrogen) atoms. The molecule has 2 saturated heterocycles. The Bertz CT molecular complexity index is 1870. The lowest BCUT2D eigenvalue weighted by Gasteiger charge is -2.46. The zero-order valence-electron chi connectivity index (χ0n) is 25.2. The van der Waals surface area contributed by atoms with Gasteiger partial charge in [-0.15, -0.1) is 0 Å². The van der Waals surface area contributed by atoms with Gasteiger partial charge in [0.1, 0.15) is 42.0 Å². The number of aliphatic hydroxyl groups is 4. The molecular formula is C32H34O14. The second kappa shape index (κ2) is 12.1. The minimum Gasteiger partial charge on any atom is -0.507 e. The number of rotatable bonds is 6. The van der Waals surface area contributed by atoms with Gasteiger partial charge in [0.15, 0.2) is 18.0 Å². The lowest BCUT2D eigenvalue weighted by atomic mass is 9.96. The zero-order valence-corrected chi connectivity index (χ0v) is 25.2. The topological polar surface area (TPSA) is 215 Å². The number of fused-ring (bicyclic) bond motifs is 5. The van der Waals surface area contributed by atoms with Crippen LogP contribution in [0.15, 0.2) is 45.6 Å². The molecule has 6 N–H and O–H groups in total. The van der Waals surface area contributed by atoms with E-state index in [4.69, 9.17) is 28.1 Å². The molecule has 0 radical (unpaired) electrons. The minimum absolute atomic E-state index is 0.0107. The summed E-state index contributed by atoms with van der Waals surface area (Å²) < 4.78 is 34.8. The molecule has 0 saturated carbocycles. The van der Waals surface area contributed by atoms with Gasteiger partial charge >= 0.3 is 11.6 Å². The SMILES string of the molecule is CO[C@H]1[C@@H](O)[C@@H](O[C@H]2[C@@H](Oc3cccc4c(O)cc5c(oc(=O)c6c(C)ccc(C(=O)O)c65)c34)O[C@@H](C)[C@@H](O)[C@H]2O)O[C@@H](C)[C@H]1O. The average Bonchev–Trinajstić information content (AvgIpc) is 3.01. The van der Waals surface area contributed by atoms with Crippen molar-refractivity contribution in [1.29, 1.82) is 0 Å². The second-order valence-corrected chi connectivity index (χ2v) is 11.6. The molecule has 3 aromatic carbocycles. The van der Waals surface area contributed by atoms with Crippen molar-refractivity contribution >= 4 is 38.5 Å². The molecule has 0 unspecified atom stereocenters. The maximum absolute atomic E-state index is 13.3. The Labute approximate surface area is 260 Å². The number of aryl methyl sites for hydroxylation is 1. The summed E-state index contributed by atoms with van der Waals surface area (Å²) in [5.74, 6) is -1.56. The molecule has 14 heteroatoms. The number of carbonyl (C=O) groups is 1. The van der Waals surface area contributed by atoms with Gasteiger partial charge in [-0.1, -0.05) is 18.2 Å². The first-order valence-electron chi connectivity index (χ1n) is 14.6. The van der Waals surface area contributed by atoms with Gasteiger partial charge in [-0.25, -0.2) is 9.59 Å². The van der Waals surface area contributed by atoms with Crippen LogP contribution in [0.3, 0.4) is 0 Å². The van der Waals surface area contributed by atoms with E-state index in [-0.39, 0.29) is 49.6 Å². The Hall–Kier alpha value is -3.86. The van der Waals surface area contributed by atoms with Gasteiger partial charge in [0, 0.05) is 23.3 Å². The molecule has 2 aliphatic heterocycles. The van der Waals surface area contributed by atoms with E-state index in [1.54, 1.807) is 19.9 Å². The van der Waals surface area contributed by atoms with E-state index in [2.05, 4.69) is 0 Å². The first-order chi connectivity index (χ1) is 21.8. The fraction of sp³-hybridized carbons (Fsp3) is 0.438. The predicted molar refractivity (Wildman–Crippen MR) is 160 cm³/mol. The van der Waals surface area contributed by atoms with Gasteiger partial charge in [-0.05, 0) is 44.5 Å². The fourth-order valence-corrected chi connectivity index (χ4v) is 6.26. The second-order valence-electron chi connectivity index (χ2n) is 11.6. The Morgan fingerprint density at radius 3 is 2.22 bits per heavy atom. The van der Waals surface area contributed by atoms with E-state index in [9.17, 15) is 40.2 Å². The maximum atomic E-state index is 13.3. The number of hydrogen-bond donors (Lipinski definition) is 6. The number of phenols is 1. The number of carboxylic acids is 1. The normalized spacial score (nSPS) is 31.8. The molecule has 10 atom stereocenters. The quantitative estimate of drug-likeness (QED) is 0.130. The number of hydrogen-bond acceptors (Lipinski definition) is 13. The number of aromatic carboxylic acids is 1. The van der Waals surface area contributed by atoms with Crippen LogP contribution in [0.25, 0.3) is 32.5 Å². The number of aromatic hydroxyl groups is 1. The minimum atomic E-state index is -1.62. The Kier molecular flexibility index (Phi) is 8.41. The number of ether oxygens (including phenoxy) is 5. The summed E-state index contributed by atoms with van der Waals surface area (Å²) in [5, 5.41) is 64.6. The van der Waals surface area contributed by atoms with Crippen LogP contribution in [0, 0.1) is 6.92 Å². The average molecular weight is 643 g/mol. The number of carboxylic acid groups (broad SMARTS) is 1. The lowest BCUT2D eigenvalue weighted by Crippen LogP contribution is -2.64. The van der Waals surface area contributed by atoms with Crippen LogP contribution < -0.4 is 10.4 Å². The van der Waals surface area contributed by atoms with Gasteiger partial charge < -0.3 is 58.7 Å². The summed E-state index contributed by atoms with van der Waals surface area (Å²) in [7, 11) is 1.30. The molecule has 14 nitrogen and oxygen atoms in total. The first-order valence-corrected chi connectivity index (χ1v) is 14.6. The third-order valence-corrected chi connectivity index (χ3v) is 8.74. The summed E-state index contributed by atoms with van der Waals surface area (Å²) >= 11 is 0. The monoisotopic (exact) mass is 642 g/mol. The molecule has 2 aliphatic rings. The molecule has 0 amide bonds. The van der Waals surface area contributed by atoms with Gasteiger partial charge in [0.05, 0.1) is 28.5 Å². The highest BCUT2D eigenvalue weighted by Crippen LogP contribution is 2.42. The predicted octanol–water partition coefficient (Wildman–Crippen LogP) is 1.52. The summed E-state index contributed by atoms with van der Waals surface area (Å²) in [6, 6.07) is 8.74. The summed E-state index contributed by atoms with van der Waals surface area (Å²) in [6.07, 6.45) is -13.0. The van der Waals surface area contributed by atoms with Crippen molar-refractivity contribution in [2.45, 2.75) is 82.2 Å². The van der Waals surface area contributed by atoms with Gasteiger partial charge in [-0.3, -0.25) is 0 Å².